The molecule has 1 atom stereocenters. The van der Waals surface area contributed by atoms with E-state index in [0.29, 0.717) is 30.4 Å². The molecule has 3 aliphatic rings. The van der Waals surface area contributed by atoms with E-state index in [9.17, 15) is 4.79 Å². The maximum Gasteiger partial charge on any atom is 0.254 e. The van der Waals surface area contributed by atoms with Crippen LogP contribution in [-0.2, 0) is 4.74 Å². The number of likely N-dealkylation sites (N-methyl/N-ethyl adjacent to an activating group) is 1. The number of methoxy groups -OCH3 is 1. The summed E-state index contributed by atoms with van der Waals surface area (Å²) in [5.74, 6) is 2.08. The van der Waals surface area contributed by atoms with Gasteiger partial charge in [-0.15, -0.1) is 0 Å². The molecule has 1 aromatic rings. The molecule has 2 saturated heterocycles. The van der Waals surface area contributed by atoms with E-state index >= 15 is 0 Å². The molecule has 0 bridgehead atoms. The minimum Gasteiger partial charge on any atom is -0.490 e. The molecule has 0 unspecified atom stereocenters. The van der Waals surface area contributed by atoms with Gasteiger partial charge in [0.2, 0.25) is 0 Å². The van der Waals surface area contributed by atoms with Gasteiger partial charge >= 0.3 is 0 Å². The second-order valence-electron chi connectivity index (χ2n) is 7.83. The molecule has 3 heterocycles. The Bertz CT molecular complexity index is 672. The summed E-state index contributed by atoms with van der Waals surface area (Å²) in [6.07, 6.45) is 3.13. The number of rotatable bonds is 3. The van der Waals surface area contributed by atoms with Crippen molar-refractivity contribution in [3.63, 3.8) is 0 Å². The van der Waals surface area contributed by atoms with E-state index in [1.807, 2.05) is 23.1 Å². The lowest BCUT2D eigenvalue weighted by Gasteiger charge is -2.58. The number of nitrogens with zero attached hydrogens (tertiary/aromatic N) is 2. The van der Waals surface area contributed by atoms with Crippen molar-refractivity contribution >= 4 is 5.91 Å². The molecule has 4 rings (SSSR count). The number of hydrogen-bond donors (Lipinski definition) is 0. The molecule has 1 aromatic carbocycles. The Balaban J connectivity index is 1.43. The average molecular weight is 360 g/mol. The summed E-state index contributed by atoms with van der Waals surface area (Å²) in [4.78, 5) is 17.3. The summed E-state index contributed by atoms with van der Waals surface area (Å²) in [5.41, 5.74) is 0.790. The van der Waals surface area contributed by atoms with Gasteiger partial charge < -0.3 is 19.1 Å². The Morgan fingerprint density at radius 2 is 2.04 bits per heavy atom. The third-order valence-corrected chi connectivity index (χ3v) is 6.01. The smallest absolute Gasteiger partial charge is 0.254 e. The number of carbonyl (C=O) groups is 1. The monoisotopic (exact) mass is 360 g/mol. The number of benzene rings is 1. The van der Waals surface area contributed by atoms with Crippen molar-refractivity contribution in [1.82, 2.24) is 9.80 Å². The first-order valence-corrected chi connectivity index (χ1v) is 9.50. The number of carbonyl (C=O) groups excluding carboxylic acids is 1. The topological polar surface area (TPSA) is 51.2 Å². The fourth-order valence-corrected chi connectivity index (χ4v) is 4.44. The number of piperidine rings is 1. The largest absolute Gasteiger partial charge is 0.490 e. The van der Waals surface area contributed by atoms with Crippen LogP contribution in [0.3, 0.4) is 0 Å². The minimum absolute atomic E-state index is 0.0773. The van der Waals surface area contributed by atoms with E-state index in [0.717, 1.165) is 44.8 Å². The zero-order valence-electron chi connectivity index (χ0n) is 15.7. The van der Waals surface area contributed by atoms with Gasteiger partial charge in [0.15, 0.2) is 11.5 Å². The molecule has 1 amide bonds. The fourth-order valence-electron chi connectivity index (χ4n) is 4.44. The summed E-state index contributed by atoms with van der Waals surface area (Å²) in [6.45, 7) is 4.74. The van der Waals surface area contributed by atoms with Gasteiger partial charge in [0, 0.05) is 38.8 Å². The predicted molar refractivity (Wildman–Crippen MR) is 97.9 cm³/mol. The second-order valence-corrected chi connectivity index (χ2v) is 7.83. The normalized spacial score (nSPS) is 24.8. The molecule has 0 radical (unpaired) electrons. The first-order valence-electron chi connectivity index (χ1n) is 9.50. The van der Waals surface area contributed by atoms with Crippen LogP contribution in [0.4, 0.5) is 0 Å². The Morgan fingerprint density at radius 1 is 1.27 bits per heavy atom. The Hall–Kier alpha value is -1.79. The van der Waals surface area contributed by atoms with E-state index < -0.39 is 0 Å². The van der Waals surface area contributed by atoms with Crippen LogP contribution in [0, 0.1) is 5.92 Å². The van der Waals surface area contributed by atoms with Gasteiger partial charge in [-0.25, -0.2) is 0 Å². The Labute approximate surface area is 155 Å². The zero-order chi connectivity index (χ0) is 18.1. The summed E-state index contributed by atoms with van der Waals surface area (Å²) in [5, 5.41) is 0. The first kappa shape index (κ1) is 17.6. The Kier molecular flexibility index (Phi) is 4.80. The lowest BCUT2D eigenvalue weighted by molar-refractivity contribution is -0.0731. The van der Waals surface area contributed by atoms with Gasteiger partial charge in [0.25, 0.3) is 5.91 Å². The molecule has 142 valence electrons. The Morgan fingerprint density at radius 3 is 2.81 bits per heavy atom. The number of amides is 1. The van der Waals surface area contributed by atoms with Gasteiger partial charge in [-0.3, -0.25) is 9.69 Å². The highest BCUT2D eigenvalue weighted by molar-refractivity contribution is 5.95. The molecular formula is C20H28N2O4. The van der Waals surface area contributed by atoms with E-state index in [2.05, 4.69) is 11.9 Å². The highest BCUT2D eigenvalue weighted by Crippen LogP contribution is 2.39. The molecule has 6 nitrogen and oxygen atoms in total. The standard InChI is InChI=1S/C20H28N2O4/c1-21-7-6-15(12-24-2)11-20(21)13-22(14-20)19(23)16-4-5-17-18(10-16)26-9-3-8-25-17/h4-5,10,15H,3,6-9,11-14H2,1-2H3/t15-/m0/s1. The van der Waals surface area contributed by atoms with Crippen molar-refractivity contribution in [3.05, 3.63) is 23.8 Å². The molecule has 6 heteroatoms. The van der Waals surface area contributed by atoms with Crippen LogP contribution in [0.15, 0.2) is 18.2 Å². The highest BCUT2D eigenvalue weighted by Gasteiger charge is 2.51. The summed E-state index contributed by atoms with van der Waals surface area (Å²) in [7, 11) is 3.95. The molecule has 0 N–H and O–H groups in total. The van der Waals surface area contributed by atoms with Crippen molar-refractivity contribution in [2.24, 2.45) is 5.92 Å². The van der Waals surface area contributed by atoms with Crippen LogP contribution < -0.4 is 9.47 Å². The van der Waals surface area contributed by atoms with Crippen molar-refractivity contribution in [2.45, 2.75) is 24.8 Å². The number of hydrogen-bond acceptors (Lipinski definition) is 5. The third-order valence-electron chi connectivity index (χ3n) is 6.01. The average Bonchev–Trinajstić information content (AvgIpc) is 2.86. The summed E-state index contributed by atoms with van der Waals surface area (Å²) < 4.78 is 16.7. The molecule has 26 heavy (non-hydrogen) atoms. The number of ether oxygens (including phenoxy) is 3. The van der Waals surface area contributed by atoms with E-state index in [1.54, 1.807) is 7.11 Å². The molecule has 0 aliphatic carbocycles. The van der Waals surface area contributed by atoms with E-state index in [-0.39, 0.29) is 11.4 Å². The summed E-state index contributed by atoms with van der Waals surface area (Å²) in [6, 6.07) is 5.52. The molecule has 3 aliphatic heterocycles. The van der Waals surface area contributed by atoms with Gasteiger partial charge in [0.1, 0.15) is 0 Å². The number of fused-ring (bicyclic) bond motifs is 1. The molecule has 0 aromatic heterocycles. The maximum atomic E-state index is 12.9. The maximum absolute atomic E-state index is 12.9. The van der Waals surface area contributed by atoms with Gasteiger partial charge in [-0.1, -0.05) is 0 Å². The van der Waals surface area contributed by atoms with Crippen molar-refractivity contribution in [3.8, 4) is 11.5 Å². The van der Waals surface area contributed by atoms with Crippen LogP contribution in [0.1, 0.15) is 29.6 Å². The second kappa shape index (κ2) is 7.08. The van der Waals surface area contributed by atoms with Crippen molar-refractivity contribution < 1.29 is 19.0 Å². The van der Waals surface area contributed by atoms with Crippen molar-refractivity contribution in [2.75, 3.05) is 53.6 Å². The minimum atomic E-state index is 0.0773. The lowest BCUT2D eigenvalue weighted by atomic mass is 9.75. The van der Waals surface area contributed by atoms with Gasteiger partial charge in [-0.05, 0) is 50.6 Å². The van der Waals surface area contributed by atoms with Crippen LogP contribution in [0.25, 0.3) is 0 Å². The van der Waals surface area contributed by atoms with Crippen molar-refractivity contribution in [1.29, 1.82) is 0 Å². The highest BCUT2D eigenvalue weighted by atomic mass is 16.5. The van der Waals surface area contributed by atoms with Crippen LogP contribution >= 0.6 is 0 Å². The van der Waals surface area contributed by atoms with Crippen LogP contribution in [0.5, 0.6) is 11.5 Å². The fraction of sp³-hybridized carbons (Fsp3) is 0.650. The molecule has 2 fully saturated rings. The zero-order valence-corrected chi connectivity index (χ0v) is 15.7. The van der Waals surface area contributed by atoms with Crippen LogP contribution in [-0.4, -0.2) is 74.9 Å². The van der Waals surface area contributed by atoms with E-state index in [4.69, 9.17) is 14.2 Å². The van der Waals surface area contributed by atoms with Gasteiger partial charge in [0.05, 0.1) is 18.8 Å². The molecule has 0 saturated carbocycles. The first-order chi connectivity index (χ1) is 12.6. The SMILES string of the molecule is COC[C@H]1CCN(C)C2(C1)CN(C(=O)c1ccc3c(c1)OCCCO3)C2. The lowest BCUT2D eigenvalue weighted by Crippen LogP contribution is -2.72. The summed E-state index contributed by atoms with van der Waals surface area (Å²) >= 11 is 0. The van der Waals surface area contributed by atoms with Gasteiger partial charge in [-0.2, -0.15) is 0 Å². The molecular weight excluding hydrogens is 332 g/mol. The number of likely N-dealkylation sites (tertiary alicyclic amines) is 2. The molecule has 1 spiro atoms. The van der Waals surface area contributed by atoms with Crippen LogP contribution in [0.2, 0.25) is 0 Å². The van der Waals surface area contributed by atoms with E-state index in [1.165, 1.54) is 6.42 Å². The predicted octanol–water partition coefficient (Wildman–Crippen LogP) is 2.03. The quantitative estimate of drug-likeness (QED) is 0.826. The third kappa shape index (κ3) is 3.16.